The van der Waals surface area contributed by atoms with Crippen molar-refractivity contribution in [3.63, 3.8) is 0 Å². The van der Waals surface area contributed by atoms with Crippen molar-refractivity contribution in [3.8, 4) is 5.69 Å². The molecular weight excluding hydrogens is 456 g/mol. The molecule has 5 rings (SSSR count). The van der Waals surface area contributed by atoms with Gasteiger partial charge in [-0.2, -0.15) is 0 Å². The second-order valence-electron chi connectivity index (χ2n) is 8.75. The van der Waals surface area contributed by atoms with Crippen LogP contribution in [-0.4, -0.2) is 30.6 Å². The van der Waals surface area contributed by atoms with Crippen molar-refractivity contribution in [3.05, 3.63) is 119 Å². The predicted molar refractivity (Wildman–Crippen MR) is 140 cm³/mol. The summed E-state index contributed by atoms with van der Waals surface area (Å²) in [6.07, 6.45) is 1.81. The minimum atomic E-state index is -0.932. The Labute approximate surface area is 209 Å². The van der Waals surface area contributed by atoms with Crippen LogP contribution in [0.1, 0.15) is 50.7 Å². The van der Waals surface area contributed by atoms with Crippen LogP contribution in [0.25, 0.3) is 5.69 Å². The average molecular weight is 483 g/mol. The topological polar surface area (TPSA) is 70.4 Å². The lowest BCUT2D eigenvalue weighted by molar-refractivity contribution is 0.0697. The molecule has 0 spiro atoms. The number of hydrogen-bond acceptors (Lipinski definition) is 3. The van der Waals surface area contributed by atoms with Gasteiger partial charge >= 0.3 is 5.97 Å². The molecule has 2 aromatic heterocycles. The summed E-state index contributed by atoms with van der Waals surface area (Å²) in [5, 5.41) is 13.5. The number of aryl methyl sites for hydroxylation is 1. The summed E-state index contributed by atoms with van der Waals surface area (Å²) in [5.74, 6) is -0.932. The molecule has 6 nitrogen and oxygen atoms in total. The van der Waals surface area contributed by atoms with Gasteiger partial charge in [-0.1, -0.05) is 36.4 Å². The Kier molecular flexibility index (Phi) is 6.09. The van der Waals surface area contributed by atoms with Crippen molar-refractivity contribution in [1.29, 1.82) is 0 Å². The van der Waals surface area contributed by atoms with E-state index in [-0.39, 0.29) is 17.6 Å². The molecule has 2 aromatic carbocycles. The van der Waals surface area contributed by atoms with Gasteiger partial charge in [-0.25, -0.2) is 4.79 Å². The number of aromatic carboxylic acids is 1. The first-order valence-electron chi connectivity index (χ1n) is 11.5. The zero-order valence-electron chi connectivity index (χ0n) is 19.6. The fourth-order valence-corrected chi connectivity index (χ4v) is 5.24. The van der Waals surface area contributed by atoms with E-state index in [2.05, 4.69) is 51.8 Å². The van der Waals surface area contributed by atoms with Crippen molar-refractivity contribution in [2.24, 2.45) is 0 Å². The van der Waals surface area contributed by atoms with Crippen LogP contribution >= 0.6 is 12.2 Å². The van der Waals surface area contributed by atoms with Crippen LogP contribution in [0.5, 0.6) is 0 Å². The summed E-state index contributed by atoms with van der Waals surface area (Å²) >= 11 is 5.83. The smallest absolute Gasteiger partial charge is 0.335 e. The van der Waals surface area contributed by atoms with Crippen LogP contribution in [0.15, 0.2) is 85.1 Å². The molecule has 1 aliphatic rings. The van der Waals surface area contributed by atoms with Crippen LogP contribution in [0.2, 0.25) is 0 Å². The number of hydrogen-bond donors (Lipinski definition) is 2. The number of benzene rings is 2. The Balaban J connectivity index is 1.60. The molecule has 2 N–H and O–H groups in total. The van der Waals surface area contributed by atoms with Gasteiger partial charge in [-0.05, 0) is 79.7 Å². The second kappa shape index (κ2) is 9.35. The van der Waals surface area contributed by atoms with Gasteiger partial charge < -0.3 is 19.9 Å². The van der Waals surface area contributed by atoms with E-state index >= 15 is 0 Å². The van der Waals surface area contributed by atoms with Crippen molar-refractivity contribution in [1.82, 2.24) is 19.8 Å². The summed E-state index contributed by atoms with van der Waals surface area (Å²) in [4.78, 5) is 18.2. The third-order valence-electron chi connectivity index (χ3n) is 6.55. The number of carboxylic acids is 1. The molecule has 0 radical (unpaired) electrons. The van der Waals surface area contributed by atoms with Gasteiger partial charge in [0.05, 0.1) is 23.3 Å². The van der Waals surface area contributed by atoms with E-state index < -0.39 is 5.97 Å². The fourth-order valence-electron chi connectivity index (χ4n) is 4.93. The molecule has 1 saturated heterocycles. The third kappa shape index (κ3) is 4.31. The third-order valence-corrected chi connectivity index (χ3v) is 6.91. The lowest BCUT2D eigenvalue weighted by atomic mass is 9.96. The van der Waals surface area contributed by atoms with Crippen LogP contribution in [-0.2, 0) is 6.54 Å². The maximum absolute atomic E-state index is 11.3. The minimum absolute atomic E-state index is 0.0594. The molecular formula is C28H26N4O2S. The highest BCUT2D eigenvalue weighted by atomic mass is 32.1. The number of nitrogens with zero attached hydrogens (tertiary/aromatic N) is 3. The highest BCUT2D eigenvalue weighted by molar-refractivity contribution is 7.80. The molecule has 4 aromatic rings. The number of thiocarbonyl (C=S) groups is 1. The van der Waals surface area contributed by atoms with Gasteiger partial charge in [0, 0.05) is 29.8 Å². The summed E-state index contributed by atoms with van der Waals surface area (Å²) in [6, 6.07) is 25.3. The Bertz CT molecular complexity index is 1370. The number of rotatable bonds is 6. The van der Waals surface area contributed by atoms with Gasteiger partial charge in [0.15, 0.2) is 5.11 Å². The summed E-state index contributed by atoms with van der Waals surface area (Å²) in [5.41, 5.74) is 6.62. The van der Waals surface area contributed by atoms with E-state index in [0.717, 1.165) is 28.3 Å². The monoisotopic (exact) mass is 482 g/mol. The molecule has 7 heteroatoms. The Morgan fingerprint density at radius 3 is 2.40 bits per heavy atom. The van der Waals surface area contributed by atoms with E-state index in [1.165, 1.54) is 5.56 Å². The predicted octanol–water partition coefficient (Wildman–Crippen LogP) is 5.36. The maximum Gasteiger partial charge on any atom is 0.335 e. The molecule has 35 heavy (non-hydrogen) atoms. The van der Waals surface area contributed by atoms with Crippen LogP contribution < -0.4 is 5.32 Å². The molecule has 0 amide bonds. The molecule has 1 aliphatic heterocycles. The number of nitrogens with one attached hydrogen (secondary N) is 1. The minimum Gasteiger partial charge on any atom is -0.478 e. The van der Waals surface area contributed by atoms with Gasteiger partial charge in [0.2, 0.25) is 0 Å². The highest BCUT2D eigenvalue weighted by Gasteiger charge is 2.41. The Morgan fingerprint density at radius 1 is 1.03 bits per heavy atom. The highest BCUT2D eigenvalue weighted by Crippen LogP contribution is 2.42. The molecule has 2 atom stereocenters. The molecule has 176 valence electrons. The number of carboxylic acid groups (broad SMARTS) is 1. The van der Waals surface area contributed by atoms with Crippen LogP contribution in [0, 0.1) is 13.8 Å². The van der Waals surface area contributed by atoms with Crippen LogP contribution in [0.4, 0.5) is 0 Å². The number of carbonyl (C=O) groups is 1. The average Bonchev–Trinajstić information content (AvgIpc) is 3.35. The first-order chi connectivity index (χ1) is 16.9. The van der Waals surface area contributed by atoms with Crippen molar-refractivity contribution >= 4 is 23.3 Å². The van der Waals surface area contributed by atoms with E-state index in [1.807, 2.05) is 54.7 Å². The summed E-state index contributed by atoms with van der Waals surface area (Å²) in [6.45, 7) is 4.85. The van der Waals surface area contributed by atoms with E-state index in [9.17, 15) is 9.90 Å². The Hall–Kier alpha value is -3.97. The van der Waals surface area contributed by atoms with Crippen molar-refractivity contribution in [2.75, 3.05) is 0 Å². The normalized spacial score (nSPS) is 17.4. The zero-order valence-corrected chi connectivity index (χ0v) is 20.4. The van der Waals surface area contributed by atoms with Crippen molar-refractivity contribution < 1.29 is 9.90 Å². The molecule has 0 bridgehead atoms. The summed E-state index contributed by atoms with van der Waals surface area (Å²) < 4.78 is 2.17. The molecule has 0 saturated carbocycles. The van der Waals surface area contributed by atoms with Gasteiger partial charge in [0.1, 0.15) is 0 Å². The summed E-state index contributed by atoms with van der Waals surface area (Å²) in [7, 11) is 0. The van der Waals surface area contributed by atoms with Crippen LogP contribution in [0.3, 0.4) is 0 Å². The molecule has 0 aliphatic carbocycles. The second-order valence-corrected chi connectivity index (χ2v) is 9.14. The molecule has 1 fully saturated rings. The van der Waals surface area contributed by atoms with E-state index in [4.69, 9.17) is 12.2 Å². The van der Waals surface area contributed by atoms with E-state index in [0.29, 0.717) is 11.7 Å². The largest absolute Gasteiger partial charge is 0.478 e. The first-order valence-corrected chi connectivity index (χ1v) is 11.9. The van der Waals surface area contributed by atoms with Gasteiger partial charge in [-0.15, -0.1) is 0 Å². The fraction of sp³-hybridized carbons (Fsp3) is 0.179. The first kappa shape index (κ1) is 22.8. The quantitative estimate of drug-likeness (QED) is 0.361. The zero-order chi connectivity index (χ0) is 24.5. The van der Waals surface area contributed by atoms with Gasteiger partial charge in [0.25, 0.3) is 0 Å². The molecule has 0 unspecified atom stereocenters. The SMILES string of the molecule is Cc1cc([C@@H]2[C@@H](c3ccccn3)NC(=S)N2Cc2ccccc2)c(C)n1-c1ccc(C(=O)O)cc1. The number of pyridine rings is 1. The maximum atomic E-state index is 11.3. The number of aromatic nitrogens is 2. The lowest BCUT2D eigenvalue weighted by Gasteiger charge is -2.28. The lowest BCUT2D eigenvalue weighted by Crippen LogP contribution is -2.29. The van der Waals surface area contributed by atoms with Crippen molar-refractivity contribution in [2.45, 2.75) is 32.5 Å². The standard InChI is InChI=1S/C28H26N4O2S/c1-18-16-23(19(2)32(18)22-13-11-21(12-14-22)27(33)34)26-25(24-10-6-7-15-29-24)30-28(35)31(26)17-20-8-4-3-5-9-20/h3-16,25-26H,17H2,1-2H3,(H,30,35)(H,33,34)/t25-,26-/m1/s1. The van der Waals surface area contributed by atoms with Gasteiger partial charge in [-0.3, -0.25) is 4.98 Å². The molecule has 3 heterocycles. The van der Waals surface area contributed by atoms with E-state index in [1.54, 1.807) is 12.1 Å². The Morgan fingerprint density at radius 2 is 1.74 bits per heavy atom.